The van der Waals surface area contributed by atoms with E-state index in [2.05, 4.69) is 0 Å². The Hall–Kier alpha value is -1.88. The van der Waals surface area contributed by atoms with Crippen LogP contribution in [0.4, 0.5) is 4.79 Å². The quantitative estimate of drug-likeness (QED) is 0.858. The van der Waals surface area contributed by atoms with Crippen LogP contribution in [0.2, 0.25) is 0 Å². The van der Waals surface area contributed by atoms with Crippen molar-refractivity contribution in [1.82, 2.24) is 4.90 Å². The first kappa shape index (κ1) is 12.6. The van der Waals surface area contributed by atoms with Crippen LogP contribution in [-0.2, 0) is 16.1 Å². The number of hydrogen-bond acceptors (Lipinski definition) is 4. The van der Waals surface area contributed by atoms with Crippen molar-refractivity contribution in [3.63, 3.8) is 0 Å². The minimum atomic E-state index is -0.804. The Labute approximate surface area is 105 Å². The SMILES string of the molecule is C[C@H]1C(O)CC(=O)N1C(=O)OCc1ccccc1. The highest BCUT2D eigenvalue weighted by Crippen LogP contribution is 2.20. The third-order valence-corrected chi connectivity index (χ3v) is 3.02. The van der Waals surface area contributed by atoms with Crippen LogP contribution in [0, 0.1) is 0 Å². The monoisotopic (exact) mass is 249 g/mol. The summed E-state index contributed by atoms with van der Waals surface area (Å²) >= 11 is 0. The summed E-state index contributed by atoms with van der Waals surface area (Å²) in [6, 6.07) is 8.69. The van der Waals surface area contributed by atoms with Crippen LogP contribution in [0.25, 0.3) is 0 Å². The van der Waals surface area contributed by atoms with Crippen molar-refractivity contribution in [2.45, 2.75) is 32.1 Å². The van der Waals surface area contributed by atoms with E-state index < -0.39 is 24.1 Å². The standard InChI is InChI=1S/C13H15NO4/c1-9-11(15)7-12(16)14(9)13(17)18-8-10-5-3-2-4-6-10/h2-6,9,11,15H,7-8H2,1H3/t9-,11?/m0/s1. The van der Waals surface area contributed by atoms with Gasteiger partial charge in [-0.3, -0.25) is 4.79 Å². The Morgan fingerprint density at radius 3 is 2.67 bits per heavy atom. The number of benzene rings is 1. The molecular formula is C13H15NO4. The minimum Gasteiger partial charge on any atom is -0.444 e. The summed E-state index contributed by atoms with van der Waals surface area (Å²) in [7, 11) is 0. The first-order valence-corrected chi connectivity index (χ1v) is 5.80. The fraction of sp³-hybridized carbons (Fsp3) is 0.385. The number of ether oxygens (including phenoxy) is 1. The van der Waals surface area contributed by atoms with E-state index in [0.717, 1.165) is 10.5 Å². The number of likely N-dealkylation sites (tertiary alicyclic amines) is 1. The van der Waals surface area contributed by atoms with E-state index in [1.807, 2.05) is 30.3 Å². The summed E-state index contributed by atoms with van der Waals surface area (Å²) in [5.74, 6) is -0.395. The second-order valence-corrected chi connectivity index (χ2v) is 4.32. The number of rotatable bonds is 2. The van der Waals surface area contributed by atoms with Crippen LogP contribution in [-0.4, -0.2) is 34.2 Å². The van der Waals surface area contributed by atoms with Crippen molar-refractivity contribution >= 4 is 12.0 Å². The van der Waals surface area contributed by atoms with Crippen LogP contribution in [0.3, 0.4) is 0 Å². The lowest BCUT2D eigenvalue weighted by atomic mass is 10.2. The van der Waals surface area contributed by atoms with Gasteiger partial charge in [-0.1, -0.05) is 30.3 Å². The van der Waals surface area contributed by atoms with Gasteiger partial charge in [0.15, 0.2) is 0 Å². The average Bonchev–Trinajstić information content (AvgIpc) is 2.62. The first-order chi connectivity index (χ1) is 8.59. The van der Waals surface area contributed by atoms with Gasteiger partial charge in [-0.05, 0) is 12.5 Å². The molecule has 96 valence electrons. The summed E-state index contributed by atoms with van der Waals surface area (Å²) < 4.78 is 5.06. The van der Waals surface area contributed by atoms with Gasteiger partial charge in [-0.2, -0.15) is 0 Å². The number of hydrogen-bond donors (Lipinski definition) is 1. The molecule has 1 aromatic carbocycles. The van der Waals surface area contributed by atoms with Crippen molar-refractivity contribution < 1.29 is 19.4 Å². The van der Waals surface area contributed by atoms with Crippen molar-refractivity contribution in [2.75, 3.05) is 0 Å². The molecule has 18 heavy (non-hydrogen) atoms. The molecule has 1 heterocycles. The number of aliphatic hydroxyl groups is 1. The van der Waals surface area contributed by atoms with E-state index in [1.54, 1.807) is 6.92 Å². The zero-order valence-electron chi connectivity index (χ0n) is 10.1. The normalized spacial score (nSPS) is 23.2. The molecule has 0 radical (unpaired) electrons. The summed E-state index contributed by atoms with van der Waals surface area (Å²) in [5, 5.41) is 9.50. The highest BCUT2D eigenvalue weighted by molar-refractivity contribution is 5.94. The van der Waals surface area contributed by atoms with Crippen LogP contribution in [0.1, 0.15) is 18.9 Å². The highest BCUT2D eigenvalue weighted by Gasteiger charge is 2.40. The van der Waals surface area contributed by atoms with E-state index in [9.17, 15) is 14.7 Å². The molecule has 2 atom stereocenters. The van der Waals surface area contributed by atoms with E-state index in [1.165, 1.54) is 0 Å². The molecular weight excluding hydrogens is 234 g/mol. The van der Waals surface area contributed by atoms with Gasteiger partial charge in [0.1, 0.15) is 6.61 Å². The second kappa shape index (κ2) is 5.18. The van der Waals surface area contributed by atoms with E-state index >= 15 is 0 Å². The molecule has 0 spiro atoms. The lowest BCUT2D eigenvalue weighted by Gasteiger charge is -2.20. The molecule has 1 fully saturated rings. The lowest BCUT2D eigenvalue weighted by molar-refractivity contribution is -0.127. The van der Waals surface area contributed by atoms with Crippen molar-refractivity contribution in [3.8, 4) is 0 Å². The molecule has 0 aliphatic carbocycles. The van der Waals surface area contributed by atoms with Gasteiger partial charge in [0.25, 0.3) is 0 Å². The number of nitrogens with zero attached hydrogens (tertiary/aromatic N) is 1. The predicted molar refractivity (Wildman–Crippen MR) is 63.6 cm³/mol. The molecule has 1 aromatic rings. The molecule has 5 nitrogen and oxygen atoms in total. The summed E-state index contributed by atoms with van der Waals surface area (Å²) in [6.45, 7) is 1.74. The van der Waals surface area contributed by atoms with Crippen LogP contribution in [0.5, 0.6) is 0 Å². The Morgan fingerprint density at radius 1 is 1.44 bits per heavy atom. The summed E-state index contributed by atoms with van der Waals surface area (Å²) in [5.41, 5.74) is 0.852. The van der Waals surface area contributed by atoms with Crippen LogP contribution in [0.15, 0.2) is 30.3 Å². The maximum atomic E-state index is 11.8. The molecule has 0 saturated carbocycles. The molecule has 0 bridgehead atoms. The lowest BCUT2D eigenvalue weighted by Crippen LogP contribution is -2.39. The number of carbonyl (C=O) groups excluding carboxylic acids is 2. The molecule has 0 aromatic heterocycles. The second-order valence-electron chi connectivity index (χ2n) is 4.32. The van der Waals surface area contributed by atoms with Crippen molar-refractivity contribution in [1.29, 1.82) is 0 Å². The minimum absolute atomic E-state index is 0.0262. The Kier molecular flexibility index (Phi) is 3.62. The summed E-state index contributed by atoms with van der Waals surface area (Å²) in [4.78, 5) is 24.2. The first-order valence-electron chi connectivity index (χ1n) is 5.80. The largest absolute Gasteiger partial charge is 0.444 e. The molecule has 1 aliphatic rings. The average molecular weight is 249 g/mol. The van der Waals surface area contributed by atoms with Gasteiger partial charge in [-0.25, -0.2) is 9.69 Å². The van der Waals surface area contributed by atoms with E-state index in [-0.39, 0.29) is 13.0 Å². The predicted octanol–water partition coefficient (Wildman–Crippen LogP) is 1.30. The van der Waals surface area contributed by atoms with E-state index in [4.69, 9.17) is 4.74 Å². The smallest absolute Gasteiger partial charge is 0.417 e. The fourth-order valence-electron chi connectivity index (χ4n) is 1.90. The molecule has 1 unspecified atom stereocenters. The summed E-state index contributed by atoms with van der Waals surface area (Å²) in [6.07, 6.45) is -1.53. The number of imide groups is 1. The highest BCUT2D eigenvalue weighted by atomic mass is 16.6. The molecule has 5 heteroatoms. The topological polar surface area (TPSA) is 66.8 Å². The van der Waals surface area contributed by atoms with Crippen molar-refractivity contribution in [2.24, 2.45) is 0 Å². The zero-order valence-corrected chi connectivity index (χ0v) is 10.1. The van der Waals surface area contributed by atoms with Gasteiger partial charge in [0.2, 0.25) is 5.91 Å². The Bertz CT molecular complexity index is 446. The maximum Gasteiger partial charge on any atom is 0.417 e. The van der Waals surface area contributed by atoms with Gasteiger partial charge < -0.3 is 9.84 Å². The Morgan fingerprint density at radius 2 is 2.11 bits per heavy atom. The van der Waals surface area contributed by atoms with Crippen LogP contribution < -0.4 is 0 Å². The van der Waals surface area contributed by atoms with Gasteiger partial charge in [0.05, 0.1) is 18.6 Å². The molecule has 2 rings (SSSR count). The number of carbonyl (C=O) groups is 2. The maximum absolute atomic E-state index is 11.8. The van der Waals surface area contributed by atoms with Gasteiger partial charge in [-0.15, -0.1) is 0 Å². The van der Waals surface area contributed by atoms with Crippen LogP contribution >= 0.6 is 0 Å². The molecule has 1 saturated heterocycles. The Balaban J connectivity index is 1.94. The van der Waals surface area contributed by atoms with Gasteiger partial charge >= 0.3 is 6.09 Å². The third kappa shape index (κ3) is 2.51. The van der Waals surface area contributed by atoms with Crippen molar-refractivity contribution in [3.05, 3.63) is 35.9 Å². The molecule has 1 aliphatic heterocycles. The molecule has 1 N–H and O–H groups in total. The fourth-order valence-corrected chi connectivity index (χ4v) is 1.90. The zero-order chi connectivity index (χ0) is 13.1. The molecule has 2 amide bonds. The number of aliphatic hydroxyl groups excluding tert-OH is 1. The third-order valence-electron chi connectivity index (χ3n) is 3.02. The van der Waals surface area contributed by atoms with Gasteiger partial charge in [0, 0.05) is 0 Å². The van der Waals surface area contributed by atoms with E-state index in [0.29, 0.717) is 0 Å². The number of amides is 2.